The van der Waals surface area contributed by atoms with Crippen LogP contribution >= 0.6 is 0 Å². The van der Waals surface area contributed by atoms with Gasteiger partial charge in [-0.15, -0.1) is 0 Å². The summed E-state index contributed by atoms with van der Waals surface area (Å²) >= 11 is 0. The summed E-state index contributed by atoms with van der Waals surface area (Å²) in [5.74, 6) is 0.424. The maximum atomic E-state index is 9.25. The molecule has 1 aromatic carbocycles. The highest BCUT2D eigenvalue weighted by molar-refractivity contribution is 5.54. The number of methoxy groups -OCH3 is 1. The molecule has 0 saturated heterocycles. The molecule has 0 fully saturated rings. The molecule has 0 radical (unpaired) electrons. The Morgan fingerprint density at radius 1 is 1.35 bits per heavy atom. The van der Waals surface area contributed by atoms with Gasteiger partial charge in [0.15, 0.2) is 0 Å². The Kier molecular flexibility index (Phi) is 6.76. The Morgan fingerprint density at radius 3 is 2.50 bits per heavy atom. The second kappa shape index (κ2) is 8.08. The van der Waals surface area contributed by atoms with Crippen molar-refractivity contribution in [1.29, 1.82) is 0 Å². The average Bonchev–Trinajstić information content (AvgIpc) is 2.39. The molecule has 3 heteroatoms. The van der Waals surface area contributed by atoms with Gasteiger partial charge < -0.3 is 14.7 Å². The first-order chi connectivity index (χ1) is 9.52. The molecule has 20 heavy (non-hydrogen) atoms. The summed E-state index contributed by atoms with van der Waals surface area (Å²) in [6, 6.07) is 8.57. The van der Waals surface area contributed by atoms with E-state index in [2.05, 4.69) is 57.0 Å². The zero-order valence-corrected chi connectivity index (χ0v) is 13.3. The molecule has 1 rings (SSSR count). The third kappa shape index (κ3) is 4.09. The number of likely N-dealkylation sites (N-methyl/N-ethyl adjacent to an activating group) is 1. The number of hydrogen-bond acceptors (Lipinski definition) is 3. The summed E-state index contributed by atoms with van der Waals surface area (Å²) in [6.07, 6.45) is 1.86. The molecule has 1 aromatic rings. The van der Waals surface area contributed by atoms with Crippen LogP contribution in [0.2, 0.25) is 0 Å². The summed E-state index contributed by atoms with van der Waals surface area (Å²) in [5.41, 5.74) is 3.59. The van der Waals surface area contributed by atoms with E-state index in [1.54, 1.807) is 7.11 Å². The van der Waals surface area contributed by atoms with Crippen molar-refractivity contribution in [1.82, 2.24) is 0 Å². The fourth-order valence-electron chi connectivity index (χ4n) is 2.78. The number of aryl methyl sites for hydroxylation is 1. The molecule has 1 unspecified atom stereocenters. The van der Waals surface area contributed by atoms with E-state index in [0.717, 1.165) is 5.57 Å². The van der Waals surface area contributed by atoms with Gasteiger partial charge in [-0.1, -0.05) is 38.1 Å². The van der Waals surface area contributed by atoms with Crippen LogP contribution in [-0.2, 0) is 4.74 Å². The molecule has 1 N–H and O–H groups in total. The summed E-state index contributed by atoms with van der Waals surface area (Å²) in [6.45, 7) is 7.10. The van der Waals surface area contributed by atoms with Gasteiger partial charge in [0.2, 0.25) is 0 Å². The SMILES string of the molecule is COC/C(=C\CO)C(C(C)C)N(C)c1ccccc1C. The number of aliphatic hydroxyl groups is 1. The molecule has 0 bridgehead atoms. The van der Waals surface area contributed by atoms with Gasteiger partial charge in [0.05, 0.1) is 19.3 Å². The first kappa shape index (κ1) is 16.7. The second-order valence-electron chi connectivity index (χ2n) is 5.48. The number of aliphatic hydroxyl groups excluding tert-OH is 1. The monoisotopic (exact) mass is 277 g/mol. The largest absolute Gasteiger partial charge is 0.392 e. The fraction of sp³-hybridized carbons (Fsp3) is 0.529. The van der Waals surface area contributed by atoms with Crippen LogP contribution in [-0.4, -0.2) is 38.5 Å². The van der Waals surface area contributed by atoms with Gasteiger partial charge in [-0.3, -0.25) is 0 Å². The minimum Gasteiger partial charge on any atom is -0.392 e. The van der Waals surface area contributed by atoms with Gasteiger partial charge in [-0.2, -0.15) is 0 Å². The summed E-state index contributed by atoms with van der Waals surface area (Å²) in [5, 5.41) is 9.25. The zero-order valence-electron chi connectivity index (χ0n) is 13.3. The number of nitrogens with zero attached hydrogens (tertiary/aromatic N) is 1. The van der Waals surface area contributed by atoms with Gasteiger partial charge in [0, 0.05) is 19.8 Å². The molecule has 0 aliphatic heterocycles. The molecule has 0 amide bonds. The molecular weight excluding hydrogens is 250 g/mol. The highest BCUT2D eigenvalue weighted by Gasteiger charge is 2.23. The van der Waals surface area contributed by atoms with Crippen molar-refractivity contribution in [3.8, 4) is 0 Å². The molecule has 0 aromatic heterocycles. The smallest absolute Gasteiger partial charge is 0.0693 e. The predicted octanol–water partition coefficient (Wildman–Crippen LogP) is 3.02. The van der Waals surface area contributed by atoms with Crippen LogP contribution in [0.3, 0.4) is 0 Å². The number of rotatable bonds is 7. The van der Waals surface area contributed by atoms with Gasteiger partial charge >= 0.3 is 0 Å². The van der Waals surface area contributed by atoms with E-state index in [4.69, 9.17) is 4.74 Å². The molecule has 3 nitrogen and oxygen atoms in total. The molecule has 0 saturated carbocycles. The first-order valence-electron chi connectivity index (χ1n) is 7.10. The normalized spacial score (nSPS) is 13.7. The molecule has 112 valence electrons. The van der Waals surface area contributed by atoms with E-state index in [1.807, 2.05) is 6.08 Å². The molecule has 0 aliphatic carbocycles. The Morgan fingerprint density at radius 2 is 2.00 bits per heavy atom. The summed E-state index contributed by atoms with van der Waals surface area (Å²) in [7, 11) is 3.80. The van der Waals surface area contributed by atoms with Crippen LogP contribution < -0.4 is 4.90 Å². The quantitative estimate of drug-likeness (QED) is 0.778. The first-order valence-corrected chi connectivity index (χ1v) is 7.10. The Hall–Kier alpha value is -1.32. The Bertz CT molecular complexity index is 440. The van der Waals surface area contributed by atoms with Crippen LogP contribution in [0, 0.1) is 12.8 Å². The standard InChI is InChI=1S/C17H27NO2/c1-13(2)17(15(10-11-19)12-20-5)18(4)16-9-7-6-8-14(16)3/h6-10,13,17,19H,11-12H2,1-5H3/b15-10+. The van der Waals surface area contributed by atoms with Crippen molar-refractivity contribution >= 4 is 5.69 Å². The molecule has 1 atom stereocenters. The van der Waals surface area contributed by atoms with Crippen LogP contribution in [0.25, 0.3) is 0 Å². The topological polar surface area (TPSA) is 32.7 Å². The number of benzene rings is 1. The lowest BCUT2D eigenvalue weighted by molar-refractivity contribution is 0.215. The number of para-hydroxylation sites is 1. The summed E-state index contributed by atoms with van der Waals surface area (Å²) in [4.78, 5) is 2.28. The van der Waals surface area contributed by atoms with E-state index in [1.165, 1.54) is 11.3 Å². The zero-order chi connectivity index (χ0) is 15.1. The molecule has 0 spiro atoms. The van der Waals surface area contributed by atoms with Crippen molar-refractivity contribution in [3.63, 3.8) is 0 Å². The van der Waals surface area contributed by atoms with Crippen molar-refractivity contribution in [2.75, 3.05) is 32.3 Å². The van der Waals surface area contributed by atoms with Crippen molar-refractivity contribution < 1.29 is 9.84 Å². The molecule has 0 aliphatic rings. The Balaban J connectivity index is 3.13. The average molecular weight is 277 g/mol. The minimum absolute atomic E-state index is 0.0452. The van der Waals surface area contributed by atoms with Crippen molar-refractivity contribution in [2.24, 2.45) is 5.92 Å². The lowest BCUT2D eigenvalue weighted by atomic mass is 9.93. The Labute approximate surface area is 122 Å². The van der Waals surface area contributed by atoms with E-state index in [0.29, 0.717) is 12.5 Å². The third-order valence-corrected chi connectivity index (χ3v) is 3.59. The van der Waals surface area contributed by atoms with Gasteiger partial charge in [0.1, 0.15) is 0 Å². The van der Waals surface area contributed by atoms with Crippen molar-refractivity contribution in [3.05, 3.63) is 41.5 Å². The number of ether oxygens (including phenoxy) is 1. The second-order valence-corrected chi connectivity index (χ2v) is 5.48. The maximum Gasteiger partial charge on any atom is 0.0693 e. The number of hydrogen-bond donors (Lipinski definition) is 1. The third-order valence-electron chi connectivity index (χ3n) is 3.59. The van der Waals surface area contributed by atoms with Gasteiger partial charge in [-0.25, -0.2) is 0 Å². The van der Waals surface area contributed by atoms with E-state index in [9.17, 15) is 5.11 Å². The minimum atomic E-state index is 0.0452. The summed E-state index contributed by atoms with van der Waals surface area (Å²) < 4.78 is 5.30. The van der Waals surface area contributed by atoms with Gasteiger partial charge in [-0.05, 0) is 30.0 Å². The van der Waals surface area contributed by atoms with Crippen LogP contribution in [0.1, 0.15) is 19.4 Å². The molecule has 0 heterocycles. The van der Waals surface area contributed by atoms with E-state index >= 15 is 0 Å². The predicted molar refractivity (Wildman–Crippen MR) is 85.3 cm³/mol. The number of anilines is 1. The lowest BCUT2D eigenvalue weighted by Crippen LogP contribution is -2.39. The fourth-order valence-corrected chi connectivity index (χ4v) is 2.78. The molecular formula is C17H27NO2. The maximum absolute atomic E-state index is 9.25. The highest BCUT2D eigenvalue weighted by atomic mass is 16.5. The van der Waals surface area contributed by atoms with Crippen LogP contribution in [0.5, 0.6) is 0 Å². The highest BCUT2D eigenvalue weighted by Crippen LogP contribution is 2.27. The van der Waals surface area contributed by atoms with E-state index in [-0.39, 0.29) is 12.6 Å². The lowest BCUT2D eigenvalue weighted by Gasteiger charge is -2.36. The van der Waals surface area contributed by atoms with Crippen LogP contribution in [0.15, 0.2) is 35.9 Å². The van der Waals surface area contributed by atoms with E-state index < -0.39 is 0 Å². The van der Waals surface area contributed by atoms with Gasteiger partial charge in [0.25, 0.3) is 0 Å². The van der Waals surface area contributed by atoms with Crippen molar-refractivity contribution in [2.45, 2.75) is 26.8 Å². The van der Waals surface area contributed by atoms with Crippen LogP contribution in [0.4, 0.5) is 5.69 Å².